The van der Waals surface area contributed by atoms with Crippen LogP contribution in [0.15, 0.2) is 23.7 Å². The Hall–Kier alpha value is -1.33. The van der Waals surface area contributed by atoms with Crippen molar-refractivity contribution in [3.63, 3.8) is 0 Å². The highest BCUT2D eigenvalue weighted by atomic mass is 35.7. The minimum Gasteiger partial charge on any atom is -0.469 e. The fraction of sp³-hybridized carbons (Fsp3) is 0.922. The molecule has 2 saturated heterocycles. The van der Waals surface area contributed by atoms with Crippen LogP contribution in [0.5, 0.6) is 0 Å². The molecule has 75 heavy (non-hydrogen) atoms. The Morgan fingerprint density at radius 3 is 1.41 bits per heavy atom. The Balaban J connectivity index is 0.000000291. The molecule has 4 heterocycles. The zero-order valence-corrected chi connectivity index (χ0v) is 48.6. The van der Waals surface area contributed by atoms with E-state index in [-0.39, 0.29) is 54.1 Å². The van der Waals surface area contributed by atoms with Gasteiger partial charge in [-0.3, -0.25) is 0 Å². The number of nitrogens with one attached hydrogen (secondary N) is 2. The van der Waals surface area contributed by atoms with Gasteiger partial charge in [0.05, 0.1) is 66.6 Å². The van der Waals surface area contributed by atoms with E-state index in [1.165, 1.54) is 0 Å². The van der Waals surface area contributed by atoms with Gasteiger partial charge in [-0.15, -0.1) is 0 Å². The first kappa shape index (κ1) is 66.2. The minimum absolute atomic E-state index is 0.000351. The van der Waals surface area contributed by atoms with E-state index in [9.17, 15) is 47.5 Å². The van der Waals surface area contributed by atoms with Crippen molar-refractivity contribution in [2.45, 2.75) is 224 Å². The molecule has 2 saturated carbocycles. The van der Waals surface area contributed by atoms with E-state index in [1.54, 1.807) is 34.9 Å². The lowest BCUT2D eigenvalue weighted by Gasteiger charge is -2.49. The first-order chi connectivity index (χ1) is 35.0. The maximum absolute atomic E-state index is 12.8. The molecule has 21 nitrogen and oxygen atoms in total. The second kappa shape index (κ2) is 28.9. The lowest BCUT2D eigenvalue weighted by atomic mass is 9.77. The van der Waals surface area contributed by atoms with Gasteiger partial charge in [-0.1, -0.05) is 55.4 Å². The molecular formula is C51H94ClN3O18S2. The van der Waals surface area contributed by atoms with Gasteiger partial charge in [-0.25, -0.2) is 16.8 Å². The number of ether oxygens (including phenoxy) is 8. The maximum Gasteiger partial charge on any atom is 0.232 e. The van der Waals surface area contributed by atoms with Crippen molar-refractivity contribution < 1.29 is 85.4 Å². The molecule has 24 heteroatoms. The molecule has 6 aliphatic rings. The first-order valence-electron chi connectivity index (χ1n) is 26.9. The number of halogens is 1. The highest BCUT2D eigenvalue weighted by Crippen LogP contribution is 2.40. The number of nitrogens with two attached hydrogens (primary N) is 1. The SMILES string of the molecule is CCC1=CC[C@@H](C)[C@@H](O[C@H]2[C@H](O)[C@@H](O[C@H]3OC[C@](C)(O)[C@H](NC)[C@H]3O)[C@H](N)C[C@@H]2C)O1.CCCS(=O)(=O)C[C@@H]1C[C@H](C)[C@@H](O[C@H]2OC(CC)=CC[C@H]2C)[C@H](O)[C@H]1O[C@H]1OC[C@](C)(O)[C@H](NC)[C@H]1O.CCCS(=O)(=O)Cl. The van der Waals surface area contributed by atoms with E-state index < -0.39 is 128 Å². The molecule has 0 amide bonds. The van der Waals surface area contributed by atoms with Gasteiger partial charge in [0, 0.05) is 53.1 Å². The van der Waals surface area contributed by atoms with Crippen LogP contribution in [0.4, 0.5) is 0 Å². The Labute approximate surface area is 451 Å². The van der Waals surface area contributed by atoms with Crippen LogP contribution < -0.4 is 16.4 Å². The van der Waals surface area contributed by atoms with Gasteiger partial charge >= 0.3 is 0 Å². The molecule has 22 atom stereocenters. The maximum atomic E-state index is 12.8. The van der Waals surface area contributed by atoms with Crippen LogP contribution in [-0.4, -0.2) is 195 Å². The molecule has 2 aliphatic carbocycles. The molecule has 4 aliphatic heterocycles. The van der Waals surface area contributed by atoms with Gasteiger partial charge in [-0.05, 0) is 90.5 Å². The highest BCUT2D eigenvalue weighted by molar-refractivity contribution is 8.13. The van der Waals surface area contributed by atoms with Gasteiger partial charge in [0.15, 0.2) is 22.4 Å². The topological polar surface area (TPSA) is 314 Å². The van der Waals surface area contributed by atoms with Crippen molar-refractivity contribution in [2.24, 2.45) is 35.3 Å². The van der Waals surface area contributed by atoms with Crippen molar-refractivity contribution in [2.75, 3.05) is 44.6 Å². The summed E-state index contributed by atoms with van der Waals surface area (Å²) >= 11 is 0. The van der Waals surface area contributed by atoms with E-state index in [4.69, 9.17) is 54.3 Å². The molecule has 0 bridgehead atoms. The van der Waals surface area contributed by atoms with E-state index in [2.05, 4.69) is 29.7 Å². The van der Waals surface area contributed by atoms with Crippen LogP contribution in [0.25, 0.3) is 0 Å². The number of hydrogen-bond acceptors (Lipinski definition) is 21. The summed E-state index contributed by atoms with van der Waals surface area (Å²) in [6, 6.07) is -1.84. The van der Waals surface area contributed by atoms with Gasteiger partial charge in [0.1, 0.15) is 41.7 Å². The predicted molar refractivity (Wildman–Crippen MR) is 282 cm³/mol. The Morgan fingerprint density at radius 2 is 1.03 bits per heavy atom. The fourth-order valence-electron chi connectivity index (χ4n) is 11.0. The molecule has 10 N–H and O–H groups in total. The number of hydrogen-bond donors (Lipinski definition) is 9. The molecule has 0 unspecified atom stereocenters. The van der Waals surface area contributed by atoms with Crippen molar-refractivity contribution >= 4 is 29.6 Å². The third-order valence-electron chi connectivity index (χ3n) is 15.1. The fourth-order valence-corrected chi connectivity index (χ4v) is 13.7. The monoisotopic (exact) mass is 1140 g/mol. The van der Waals surface area contributed by atoms with Crippen LogP contribution in [0.2, 0.25) is 0 Å². The van der Waals surface area contributed by atoms with E-state index in [0.717, 1.165) is 37.2 Å². The summed E-state index contributed by atoms with van der Waals surface area (Å²) in [6.07, 6.45) is -1.25. The number of rotatable bonds is 18. The van der Waals surface area contributed by atoms with Crippen LogP contribution >= 0.6 is 10.7 Å². The summed E-state index contributed by atoms with van der Waals surface area (Å²) in [4.78, 5) is 0. The third-order valence-corrected chi connectivity index (χ3v) is 18.5. The van der Waals surface area contributed by atoms with Crippen molar-refractivity contribution in [1.29, 1.82) is 0 Å². The molecule has 0 radical (unpaired) electrons. The van der Waals surface area contributed by atoms with Crippen LogP contribution in [0.1, 0.15) is 121 Å². The van der Waals surface area contributed by atoms with Gasteiger partial charge in [0.2, 0.25) is 21.6 Å². The Bertz CT molecular complexity index is 2040. The van der Waals surface area contributed by atoms with Crippen molar-refractivity contribution in [3.8, 4) is 0 Å². The van der Waals surface area contributed by atoms with Crippen LogP contribution in [0, 0.1) is 29.6 Å². The summed E-state index contributed by atoms with van der Waals surface area (Å²) in [7, 11) is 1.50. The summed E-state index contributed by atoms with van der Waals surface area (Å²) in [5.41, 5.74) is 3.75. The standard InChI is InChI=1S/C26H47NO9S.C22H40N2O7.C3H7ClO2S/c1-7-11-37(31,32)13-17-12-16(4)21(35-24-15(3)9-10-18(8-2)34-24)19(28)22(17)36-25-20(29)23(27-6)26(5,30)14-33-25;1-6-13-8-7-11(2)20(29-13)30-17-12(3)9-14(23)18(15(17)25)31-21-16(26)19(24-5)22(4,27)10-28-21;1-2-3-7(4,5)6/h10,15-17,19-25,27-30H,7-9,11-14H2,1-6H3;8,11-12,14-21,24-27H,6-7,9-10,23H2,1-5H3;2-3H2,1H3/t15-,16+,17+,19+,20-,21-,22+,23-,24-,25-,26+;11-,12+,14-,15+,16-,17-,18+,19-,20-,21-,22+;/m11./s1. The summed E-state index contributed by atoms with van der Waals surface area (Å²) < 4.78 is 93.7. The molecule has 4 fully saturated rings. The summed E-state index contributed by atoms with van der Waals surface area (Å²) in [6.45, 7) is 18.7. The second-order valence-electron chi connectivity index (χ2n) is 22.1. The number of allylic oxidation sites excluding steroid dienone is 4. The molecular weight excluding hydrogens is 1040 g/mol. The predicted octanol–water partition coefficient (Wildman–Crippen LogP) is 2.51. The zero-order chi connectivity index (χ0) is 56.4. The zero-order valence-electron chi connectivity index (χ0n) is 46.2. The van der Waals surface area contributed by atoms with Crippen molar-refractivity contribution in [1.82, 2.24) is 10.6 Å². The Kier molecular flexibility index (Phi) is 25.5. The number of aliphatic hydroxyl groups excluding tert-OH is 4. The molecule has 0 aromatic rings. The van der Waals surface area contributed by atoms with E-state index in [0.29, 0.717) is 25.7 Å². The normalized spacial score (nSPS) is 42.6. The summed E-state index contributed by atoms with van der Waals surface area (Å²) in [5.74, 6) is 1.28. The average molecular weight is 1140 g/mol. The highest BCUT2D eigenvalue weighted by Gasteiger charge is 2.53. The second-order valence-corrected chi connectivity index (χ2v) is 27.2. The number of sulfone groups is 1. The average Bonchev–Trinajstić information content (AvgIpc) is 3.31. The van der Waals surface area contributed by atoms with Gasteiger partial charge in [0.25, 0.3) is 0 Å². The molecule has 6 rings (SSSR count). The molecule has 440 valence electrons. The Morgan fingerprint density at radius 1 is 0.627 bits per heavy atom. The quantitative estimate of drug-likeness (QED) is 0.0891. The van der Waals surface area contributed by atoms with E-state index >= 15 is 0 Å². The molecule has 0 aromatic heterocycles. The van der Waals surface area contributed by atoms with Gasteiger partial charge in [-0.2, -0.15) is 0 Å². The number of likely N-dealkylation sites (N-methyl/N-ethyl adjacent to an activating group) is 2. The largest absolute Gasteiger partial charge is 0.469 e. The smallest absolute Gasteiger partial charge is 0.232 e. The molecule has 0 spiro atoms. The lowest BCUT2D eigenvalue weighted by Crippen LogP contribution is -2.67. The van der Waals surface area contributed by atoms with Crippen molar-refractivity contribution in [3.05, 3.63) is 23.7 Å². The minimum atomic E-state index is -3.38. The lowest BCUT2D eigenvalue weighted by molar-refractivity contribution is -0.311. The van der Waals surface area contributed by atoms with E-state index in [1.807, 2.05) is 41.5 Å². The third kappa shape index (κ3) is 18.1. The summed E-state index contributed by atoms with van der Waals surface area (Å²) in [5, 5.41) is 71.2. The number of aliphatic hydroxyl groups is 6. The molecule has 0 aromatic carbocycles. The first-order valence-corrected chi connectivity index (χ1v) is 31.2. The van der Waals surface area contributed by atoms with Crippen LogP contribution in [-0.2, 0) is 56.8 Å². The van der Waals surface area contributed by atoms with Gasteiger partial charge < -0.3 is 84.9 Å². The van der Waals surface area contributed by atoms with Crippen LogP contribution in [0.3, 0.4) is 0 Å².